The van der Waals surface area contributed by atoms with Gasteiger partial charge >= 0.3 is 0 Å². The zero-order chi connectivity index (χ0) is 13.6. The Morgan fingerprint density at radius 1 is 1.25 bits per heavy atom. The Balaban J connectivity index is 4.38. The van der Waals surface area contributed by atoms with Gasteiger partial charge in [-0.1, -0.05) is 13.3 Å². The summed E-state index contributed by atoms with van der Waals surface area (Å²) in [5.41, 5.74) is 0. The second-order valence-electron chi connectivity index (χ2n) is 3.54. The van der Waals surface area contributed by atoms with Crippen molar-refractivity contribution < 1.29 is 31.7 Å². The fraction of sp³-hybridized carbons (Fsp3) is 0.900. The summed E-state index contributed by atoms with van der Waals surface area (Å²) in [7, 11) is 0. The monoisotopic (exact) mass is 237 g/mol. The van der Waals surface area contributed by atoms with Gasteiger partial charge in [-0.2, -0.15) is 0 Å². The fourth-order valence-electron chi connectivity index (χ4n) is 1.12. The van der Waals surface area contributed by atoms with Crippen LogP contribution in [0.2, 0.25) is 0 Å². The number of Topliss-reactive ketones (excluding diaryl/α,β-unsaturated/α-hetero) is 1. The molecule has 0 saturated heterocycles. The molecule has 0 amide bonds. The molecule has 0 radical (unpaired) electrons. The minimum absolute atomic E-state index is 0.239. The Labute approximate surface area is 95.6 Å². The number of hydrogen-bond donors (Lipinski definition) is 5. The smallest absolute Gasteiger partial charge is 0.164 e. The van der Waals surface area contributed by atoms with Crippen LogP contribution in [0, 0.1) is 0 Å². The van der Waals surface area contributed by atoms with Gasteiger partial charge in [-0.05, 0) is 6.40 Å². The van der Waals surface area contributed by atoms with E-state index in [4.69, 9.17) is 11.6 Å². The maximum atomic E-state index is 11.4. The van der Waals surface area contributed by atoms with Crippen molar-refractivity contribution in [2.24, 2.45) is 0 Å². The van der Waals surface area contributed by atoms with Crippen molar-refractivity contribution in [1.82, 2.24) is 0 Å². The molecule has 0 bridgehead atoms. The van der Waals surface area contributed by atoms with Crippen molar-refractivity contribution >= 4 is 5.78 Å². The SMILES string of the molecule is [2H]C(CC)CC(=O)[C@H](O)[C@@H](O)[C@H](O)[C@H](O)CO. The van der Waals surface area contributed by atoms with Gasteiger partial charge in [-0.15, -0.1) is 0 Å². The second-order valence-corrected chi connectivity index (χ2v) is 3.54. The molecule has 5 N–H and O–H groups in total. The summed E-state index contributed by atoms with van der Waals surface area (Å²) in [6.07, 6.45) is -7.69. The van der Waals surface area contributed by atoms with E-state index in [9.17, 15) is 20.1 Å². The molecule has 0 fully saturated rings. The summed E-state index contributed by atoms with van der Waals surface area (Å²) in [6, 6.07) is 0. The summed E-state index contributed by atoms with van der Waals surface area (Å²) < 4.78 is 7.35. The van der Waals surface area contributed by atoms with Crippen LogP contribution in [-0.4, -0.2) is 62.3 Å². The Morgan fingerprint density at radius 2 is 1.81 bits per heavy atom. The third-order valence-electron chi connectivity index (χ3n) is 2.22. The molecule has 5 atom stereocenters. The largest absolute Gasteiger partial charge is 0.394 e. The first kappa shape index (κ1) is 13.5. The first-order valence-corrected chi connectivity index (χ1v) is 5.13. The van der Waals surface area contributed by atoms with E-state index in [-0.39, 0.29) is 6.42 Å². The molecule has 0 aliphatic heterocycles. The van der Waals surface area contributed by atoms with Crippen LogP contribution in [0.4, 0.5) is 0 Å². The molecule has 0 rings (SSSR count). The van der Waals surface area contributed by atoms with E-state index in [1.54, 1.807) is 6.92 Å². The normalized spacial score (nSPS) is 21.8. The number of aliphatic hydroxyl groups excluding tert-OH is 5. The molecule has 0 aromatic heterocycles. The molecular weight excluding hydrogens is 216 g/mol. The molecule has 0 aliphatic carbocycles. The van der Waals surface area contributed by atoms with Crippen molar-refractivity contribution in [3.05, 3.63) is 0 Å². The molecular formula is C10H20O6. The van der Waals surface area contributed by atoms with Gasteiger partial charge in [0.2, 0.25) is 0 Å². The van der Waals surface area contributed by atoms with Crippen molar-refractivity contribution in [2.75, 3.05) is 6.61 Å². The number of carbonyl (C=O) groups is 1. The number of aliphatic hydroxyl groups is 5. The van der Waals surface area contributed by atoms with E-state index < -0.39 is 43.2 Å². The van der Waals surface area contributed by atoms with Gasteiger partial charge < -0.3 is 25.5 Å². The van der Waals surface area contributed by atoms with Crippen LogP contribution >= 0.6 is 0 Å². The predicted molar refractivity (Wildman–Crippen MR) is 55.6 cm³/mol. The lowest BCUT2D eigenvalue weighted by atomic mass is 9.98. The molecule has 96 valence electrons. The lowest BCUT2D eigenvalue weighted by Crippen LogP contribution is -2.48. The minimum atomic E-state index is -1.88. The van der Waals surface area contributed by atoms with Crippen LogP contribution in [-0.2, 0) is 4.79 Å². The molecule has 16 heavy (non-hydrogen) atoms. The number of carbonyl (C=O) groups excluding carboxylic acids is 1. The van der Waals surface area contributed by atoms with E-state index in [1.807, 2.05) is 0 Å². The third kappa shape index (κ3) is 4.54. The van der Waals surface area contributed by atoms with E-state index in [0.717, 1.165) is 0 Å². The number of ketones is 1. The van der Waals surface area contributed by atoms with Gasteiger partial charge in [-0.25, -0.2) is 0 Å². The van der Waals surface area contributed by atoms with E-state index >= 15 is 0 Å². The highest BCUT2D eigenvalue weighted by Crippen LogP contribution is 2.09. The van der Waals surface area contributed by atoms with Crippen LogP contribution in [0.5, 0.6) is 0 Å². The van der Waals surface area contributed by atoms with E-state index in [1.165, 1.54) is 0 Å². The van der Waals surface area contributed by atoms with E-state index in [0.29, 0.717) is 6.42 Å². The summed E-state index contributed by atoms with van der Waals surface area (Å²) in [4.78, 5) is 11.4. The maximum Gasteiger partial charge on any atom is 0.164 e. The van der Waals surface area contributed by atoms with Crippen molar-refractivity contribution in [1.29, 1.82) is 0 Å². The molecule has 0 heterocycles. The predicted octanol–water partition coefficient (Wildman–Crippen LogP) is -1.82. The molecule has 0 aromatic carbocycles. The van der Waals surface area contributed by atoms with Crippen LogP contribution in [0.1, 0.15) is 27.5 Å². The highest BCUT2D eigenvalue weighted by Gasteiger charge is 2.33. The van der Waals surface area contributed by atoms with Crippen molar-refractivity contribution in [3.8, 4) is 0 Å². The summed E-state index contributed by atoms with van der Waals surface area (Å²) in [6.45, 7) is 0.910. The highest BCUT2D eigenvalue weighted by atomic mass is 16.4. The summed E-state index contributed by atoms with van der Waals surface area (Å²) >= 11 is 0. The molecule has 6 nitrogen and oxygen atoms in total. The minimum Gasteiger partial charge on any atom is -0.394 e. The summed E-state index contributed by atoms with van der Waals surface area (Å²) in [5.74, 6) is -0.775. The molecule has 0 aromatic rings. The highest BCUT2D eigenvalue weighted by molar-refractivity contribution is 5.83. The van der Waals surface area contributed by atoms with Gasteiger partial charge in [0.15, 0.2) is 5.78 Å². The first-order valence-electron chi connectivity index (χ1n) is 5.70. The van der Waals surface area contributed by atoms with Gasteiger partial charge in [0, 0.05) is 7.79 Å². The average molecular weight is 237 g/mol. The number of rotatable bonds is 8. The quantitative estimate of drug-likeness (QED) is 0.339. The molecule has 0 aliphatic rings. The fourth-order valence-corrected chi connectivity index (χ4v) is 1.12. The Morgan fingerprint density at radius 3 is 2.25 bits per heavy atom. The molecule has 6 heteroatoms. The maximum absolute atomic E-state index is 11.4. The average Bonchev–Trinajstić information content (AvgIpc) is 2.34. The molecule has 0 saturated carbocycles. The zero-order valence-corrected chi connectivity index (χ0v) is 9.15. The van der Waals surface area contributed by atoms with Crippen LogP contribution in [0.15, 0.2) is 0 Å². The van der Waals surface area contributed by atoms with Crippen LogP contribution in [0.3, 0.4) is 0 Å². The lowest BCUT2D eigenvalue weighted by Gasteiger charge is -2.24. The molecule has 1 unspecified atom stereocenters. The Kier molecular flexibility index (Phi) is 6.51. The van der Waals surface area contributed by atoms with Crippen molar-refractivity contribution in [3.63, 3.8) is 0 Å². The standard InChI is InChI=1S/C10H20O6/c1-2-3-4-6(12)8(14)10(16)9(15)7(13)5-11/h7-11,13-16H,2-5H2,1H3/t7-,8+,9-,10-/m1/s1/i3D/t3?,7-,8+,9-,10-. The van der Waals surface area contributed by atoms with Gasteiger partial charge in [0.1, 0.15) is 24.4 Å². The Bertz CT molecular complexity index is 237. The third-order valence-corrected chi connectivity index (χ3v) is 2.22. The van der Waals surface area contributed by atoms with Gasteiger partial charge in [-0.3, -0.25) is 4.79 Å². The lowest BCUT2D eigenvalue weighted by molar-refractivity contribution is -0.147. The number of hydrogen-bond acceptors (Lipinski definition) is 6. The summed E-state index contributed by atoms with van der Waals surface area (Å²) in [5, 5.41) is 45.7. The van der Waals surface area contributed by atoms with Gasteiger partial charge in [0.05, 0.1) is 6.61 Å². The van der Waals surface area contributed by atoms with Gasteiger partial charge in [0.25, 0.3) is 0 Å². The molecule has 0 spiro atoms. The second kappa shape index (κ2) is 7.70. The Hall–Kier alpha value is -0.530. The van der Waals surface area contributed by atoms with Crippen LogP contribution < -0.4 is 0 Å². The van der Waals surface area contributed by atoms with Crippen molar-refractivity contribution in [2.45, 2.75) is 50.6 Å². The van der Waals surface area contributed by atoms with E-state index in [2.05, 4.69) is 0 Å². The topological polar surface area (TPSA) is 118 Å². The first-order chi connectivity index (χ1) is 7.84. The van der Waals surface area contributed by atoms with Crippen LogP contribution in [0.25, 0.3) is 0 Å². The zero-order valence-electron chi connectivity index (χ0n) is 10.2.